The molecule has 0 amide bonds. The third kappa shape index (κ3) is 2.49. The van der Waals surface area contributed by atoms with Crippen molar-refractivity contribution in [2.24, 2.45) is 0 Å². The molecular weight excluding hydrogens is 270 g/mol. The molecule has 4 heteroatoms. The summed E-state index contributed by atoms with van der Waals surface area (Å²) in [5.41, 5.74) is 2.49. The molecule has 2 heterocycles. The van der Waals surface area contributed by atoms with Gasteiger partial charge in [-0.3, -0.25) is 4.90 Å². The first-order chi connectivity index (χ1) is 9.65. The first kappa shape index (κ1) is 13.3. The van der Waals surface area contributed by atoms with Gasteiger partial charge in [0.05, 0.1) is 0 Å². The normalized spacial score (nSPS) is 16.6. The van der Waals surface area contributed by atoms with Crippen LogP contribution >= 0.6 is 11.3 Å². The van der Waals surface area contributed by atoms with Crippen molar-refractivity contribution >= 4 is 17.3 Å². The summed E-state index contributed by atoms with van der Waals surface area (Å²) in [6, 6.07) is 12.7. The maximum absolute atomic E-state index is 11.1. The number of benzene rings is 1. The fraction of sp³-hybridized carbons (Fsp3) is 0.312. The van der Waals surface area contributed by atoms with Gasteiger partial charge in [0.25, 0.3) is 0 Å². The summed E-state index contributed by atoms with van der Waals surface area (Å²) in [7, 11) is 0. The lowest BCUT2D eigenvalue weighted by Crippen LogP contribution is -2.32. The largest absolute Gasteiger partial charge is 0.477 e. The maximum atomic E-state index is 11.1. The van der Waals surface area contributed by atoms with Gasteiger partial charge in [-0.1, -0.05) is 30.3 Å². The van der Waals surface area contributed by atoms with Crippen LogP contribution in [0.15, 0.2) is 36.4 Å². The van der Waals surface area contributed by atoms with Gasteiger partial charge in [-0.2, -0.15) is 0 Å². The number of carboxylic acids is 1. The van der Waals surface area contributed by atoms with Crippen LogP contribution in [0.25, 0.3) is 0 Å². The molecule has 0 bridgehead atoms. The fourth-order valence-corrected chi connectivity index (χ4v) is 3.74. The number of fused-ring (bicyclic) bond motifs is 1. The second-order valence-corrected chi connectivity index (χ2v) is 6.31. The lowest BCUT2D eigenvalue weighted by molar-refractivity contribution is 0.0702. The van der Waals surface area contributed by atoms with Crippen molar-refractivity contribution in [3.05, 3.63) is 57.3 Å². The van der Waals surface area contributed by atoms with Crippen molar-refractivity contribution in [1.82, 2.24) is 4.90 Å². The van der Waals surface area contributed by atoms with Crippen LogP contribution in [0.2, 0.25) is 0 Å². The quantitative estimate of drug-likeness (QED) is 0.938. The molecule has 104 valence electrons. The number of rotatable bonds is 3. The highest BCUT2D eigenvalue weighted by Gasteiger charge is 2.24. The molecule has 1 aromatic carbocycles. The van der Waals surface area contributed by atoms with Gasteiger partial charge in [-0.15, -0.1) is 11.3 Å². The molecule has 1 aromatic heterocycles. The molecule has 2 aromatic rings. The van der Waals surface area contributed by atoms with Crippen LogP contribution < -0.4 is 0 Å². The highest BCUT2D eigenvalue weighted by atomic mass is 32.1. The van der Waals surface area contributed by atoms with Crippen LogP contribution in [0.1, 0.15) is 38.6 Å². The minimum Gasteiger partial charge on any atom is -0.477 e. The highest BCUT2D eigenvalue weighted by molar-refractivity contribution is 7.14. The van der Waals surface area contributed by atoms with E-state index in [4.69, 9.17) is 5.11 Å². The molecule has 1 aliphatic heterocycles. The Hall–Kier alpha value is -1.65. The molecular formula is C16H17NO2S. The van der Waals surface area contributed by atoms with Crippen LogP contribution in [-0.4, -0.2) is 22.5 Å². The molecule has 0 spiro atoms. The van der Waals surface area contributed by atoms with Gasteiger partial charge in [-0.05, 0) is 30.5 Å². The van der Waals surface area contributed by atoms with Gasteiger partial charge in [-0.25, -0.2) is 4.79 Å². The molecule has 0 radical (unpaired) electrons. The van der Waals surface area contributed by atoms with E-state index in [0.717, 1.165) is 19.5 Å². The van der Waals surface area contributed by atoms with E-state index in [2.05, 4.69) is 36.1 Å². The van der Waals surface area contributed by atoms with E-state index in [0.29, 0.717) is 10.9 Å². The number of hydrogen-bond donors (Lipinski definition) is 1. The molecule has 1 aliphatic rings. The monoisotopic (exact) mass is 287 g/mol. The lowest BCUT2D eigenvalue weighted by Gasteiger charge is -2.32. The van der Waals surface area contributed by atoms with Crippen LogP contribution in [0, 0.1) is 0 Å². The smallest absolute Gasteiger partial charge is 0.345 e. The summed E-state index contributed by atoms with van der Waals surface area (Å²) >= 11 is 1.43. The Morgan fingerprint density at radius 1 is 1.35 bits per heavy atom. The summed E-state index contributed by atoms with van der Waals surface area (Å²) < 4.78 is 0. The van der Waals surface area contributed by atoms with Crippen molar-refractivity contribution in [2.75, 3.05) is 6.54 Å². The molecule has 0 aliphatic carbocycles. The highest BCUT2D eigenvalue weighted by Crippen LogP contribution is 2.32. The van der Waals surface area contributed by atoms with Gasteiger partial charge < -0.3 is 5.11 Å². The molecule has 3 nitrogen and oxygen atoms in total. The average molecular weight is 287 g/mol. The summed E-state index contributed by atoms with van der Waals surface area (Å²) in [5.74, 6) is -0.813. The molecule has 0 fully saturated rings. The SMILES string of the molecule is CC(c1ccccc1)N1CCc2sc(C(=O)O)cc2C1. The second kappa shape index (κ2) is 5.38. The van der Waals surface area contributed by atoms with Crippen molar-refractivity contribution in [1.29, 1.82) is 0 Å². The van der Waals surface area contributed by atoms with E-state index in [1.807, 2.05) is 12.1 Å². The van der Waals surface area contributed by atoms with Crippen molar-refractivity contribution < 1.29 is 9.90 Å². The van der Waals surface area contributed by atoms with E-state index in [-0.39, 0.29) is 0 Å². The third-order valence-electron chi connectivity index (χ3n) is 3.94. The van der Waals surface area contributed by atoms with E-state index < -0.39 is 5.97 Å². The predicted octanol–water partition coefficient (Wildman–Crippen LogP) is 3.57. The van der Waals surface area contributed by atoms with Crippen LogP contribution in [-0.2, 0) is 13.0 Å². The molecule has 1 unspecified atom stereocenters. The van der Waals surface area contributed by atoms with Gasteiger partial charge in [0.15, 0.2) is 0 Å². The fourth-order valence-electron chi connectivity index (χ4n) is 2.73. The Bertz CT molecular complexity index is 621. The standard InChI is InChI=1S/C16H17NO2S/c1-11(12-5-3-2-4-6-12)17-8-7-14-13(10-17)9-15(20-14)16(18)19/h2-6,9,11H,7-8,10H2,1H3,(H,18,19). The Kier molecular flexibility index (Phi) is 3.59. The topological polar surface area (TPSA) is 40.5 Å². The van der Waals surface area contributed by atoms with Crippen LogP contribution in [0.5, 0.6) is 0 Å². The Balaban J connectivity index is 1.80. The number of hydrogen-bond acceptors (Lipinski definition) is 3. The van der Waals surface area contributed by atoms with Gasteiger partial charge in [0.1, 0.15) is 4.88 Å². The number of nitrogens with zero attached hydrogens (tertiary/aromatic N) is 1. The number of carbonyl (C=O) groups is 1. The van der Waals surface area contributed by atoms with Gasteiger partial charge in [0.2, 0.25) is 0 Å². The molecule has 3 rings (SSSR count). The molecule has 0 saturated carbocycles. The Morgan fingerprint density at radius 2 is 2.10 bits per heavy atom. The van der Waals surface area contributed by atoms with Crippen LogP contribution in [0.4, 0.5) is 0 Å². The summed E-state index contributed by atoms with van der Waals surface area (Å²) in [6.07, 6.45) is 0.949. The van der Waals surface area contributed by atoms with Gasteiger partial charge >= 0.3 is 5.97 Å². The number of carboxylic acid groups (broad SMARTS) is 1. The van der Waals surface area contributed by atoms with Gasteiger partial charge in [0, 0.05) is 24.0 Å². The van der Waals surface area contributed by atoms with E-state index >= 15 is 0 Å². The average Bonchev–Trinajstić information content (AvgIpc) is 2.90. The minimum absolute atomic E-state index is 0.359. The number of aromatic carboxylic acids is 1. The summed E-state index contributed by atoms with van der Waals surface area (Å²) in [4.78, 5) is 15.2. The molecule has 1 N–H and O–H groups in total. The maximum Gasteiger partial charge on any atom is 0.345 e. The first-order valence-corrected chi connectivity index (χ1v) is 7.60. The van der Waals surface area contributed by atoms with Crippen molar-refractivity contribution in [2.45, 2.75) is 25.9 Å². The zero-order valence-corrected chi connectivity index (χ0v) is 12.2. The van der Waals surface area contributed by atoms with E-state index in [9.17, 15) is 4.79 Å². The van der Waals surface area contributed by atoms with Crippen molar-refractivity contribution in [3.8, 4) is 0 Å². The summed E-state index contributed by atoms with van der Waals surface area (Å²) in [6.45, 7) is 4.04. The summed E-state index contributed by atoms with van der Waals surface area (Å²) in [5, 5.41) is 9.08. The van der Waals surface area contributed by atoms with Crippen LogP contribution in [0.3, 0.4) is 0 Å². The zero-order valence-electron chi connectivity index (χ0n) is 11.4. The molecule has 1 atom stereocenters. The molecule has 0 saturated heterocycles. The lowest BCUT2D eigenvalue weighted by atomic mass is 10.0. The Labute approximate surface area is 122 Å². The predicted molar refractivity (Wildman–Crippen MR) is 80.2 cm³/mol. The number of thiophene rings is 1. The van der Waals surface area contributed by atoms with E-state index in [1.54, 1.807) is 0 Å². The Morgan fingerprint density at radius 3 is 2.80 bits per heavy atom. The molecule has 20 heavy (non-hydrogen) atoms. The first-order valence-electron chi connectivity index (χ1n) is 6.79. The van der Waals surface area contributed by atoms with Crippen molar-refractivity contribution in [3.63, 3.8) is 0 Å². The minimum atomic E-state index is -0.813. The van der Waals surface area contributed by atoms with E-state index in [1.165, 1.54) is 27.3 Å². The third-order valence-corrected chi connectivity index (χ3v) is 5.16. The second-order valence-electron chi connectivity index (χ2n) is 5.17. The zero-order chi connectivity index (χ0) is 14.1.